The van der Waals surface area contributed by atoms with Gasteiger partial charge in [-0.15, -0.1) is 8.88 Å². The van der Waals surface area contributed by atoms with Crippen molar-refractivity contribution in [3.8, 4) is 0 Å². The maximum Gasteiger partial charge on any atom is 0.417 e. The normalized spacial score (nSPS) is 15.3. The van der Waals surface area contributed by atoms with E-state index in [1.807, 2.05) is 146 Å². The van der Waals surface area contributed by atoms with Crippen molar-refractivity contribution in [2.45, 2.75) is 39.5 Å². The number of hydrogen-bond donors (Lipinski definition) is 0. The van der Waals surface area contributed by atoms with Crippen LogP contribution in [-0.4, -0.2) is 16.0 Å². The predicted molar refractivity (Wildman–Crippen MR) is 192 cm³/mol. The average molecular weight is 733 g/mol. The second kappa shape index (κ2) is 16.7. The van der Waals surface area contributed by atoms with Crippen molar-refractivity contribution in [3.63, 3.8) is 0 Å². The van der Waals surface area contributed by atoms with Gasteiger partial charge in [0, 0.05) is 20.2 Å². The van der Waals surface area contributed by atoms with Crippen molar-refractivity contribution >= 4 is 23.2 Å². The Morgan fingerprint density at radius 1 is 0.480 bits per heavy atom. The maximum atomic E-state index is 15.7. The van der Waals surface area contributed by atoms with E-state index in [2.05, 4.69) is 0 Å². The summed E-state index contributed by atoms with van der Waals surface area (Å²) in [5, 5.41) is 0. The van der Waals surface area contributed by atoms with Gasteiger partial charge in [-0.1, -0.05) is 146 Å². The summed E-state index contributed by atoms with van der Waals surface area (Å²) in [5.41, 5.74) is 4.21. The minimum absolute atomic E-state index is 0.124. The van der Waals surface area contributed by atoms with Gasteiger partial charge in [0.1, 0.15) is 0 Å². The molecule has 10 nitrogen and oxygen atoms in total. The molecule has 0 atom stereocenters. The van der Waals surface area contributed by atoms with Crippen LogP contribution >= 0.6 is 23.2 Å². The first-order chi connectivity index (χ1) is 24.3. The molecule has 0 fully saturated rings. The van der Waals surface area contributed by atoms with E-state index in [-0.39, 0.29) is 39.5 Å². The molecule has 0 unspecified atom stereocenters. The Labute approximate surface area is 293 Å². The maximum absolute atomic E-state index is 15.7. The molecule has 6 rings (SSSR count). The van der Waals surface area contributed by atoms with E-state index in [1.54, 1.807) is 0 Å². The number of rotatable bonds is 15. The van der Waals surface area contributed by atoms with Crippen LogP contribution in [0.25, 0.3) is 0 Å². The van der Waals surface area contributed by atoms with Gasteiger partial charge in [0.05, 0.1) is 26.4 Å². The Morgan fingerprint density at radius 3 is 1.00 bits per heavy atom. The van der Waals surface area contributed by atoms with E-state index in [4.69, 9.17) is 22.6 Å². The van der Waals surface area contributed by atoms with Crippen LogP contribution in [0.2, 0.25) is 0 Å². The van der Waals surface area contributed by atoms with Gasteiger partial charge in [0.25, 0.3) is 0 Å². The molecule has 0 N–H and O–H groups in total. The second-order valence-corrected chi connectivity index (χ2v) is 18.3. The van der Waals surface area contributed by atoms with Gasteiger partial charge in [0.15, 0.2) is 0 Å². The molecule has 0 radical (unpaired) electrons. The van der Waals surface area contributed by atoms with Gasteiger partial charge in [-0.2, -0.15) is 0 Å². The monoisotopic (exact) mass is 732 g/mol. The lowest BCUT2D eigenvalue weighted by Gasteiger charge is -2.39. The molecule has 0 aliphatic carbocycles. The Kier molecular flexibility index (Phi) is 12.1. The quantitative estimate of drug-likeness (QED) is 0.0966. The van der Waals surface area contributed by atoms with Gasteiger partial charge in [0.2, 0.25) is 0 Å². The summed E-state index contributed by atoms with van der Waals surface area (Å²) in [5.74, 6) is 0. The number of benzene rings is 5. The fourth-order valence-corrected chi connectivity index (χ4v) is 13.3. The molecule has 50 heavy (non-hydrogen) atoms. The van der Waals surface area contributed by atoms with E-state index >= 15 is 13.7 Å². The molecule has 1 heterocycles. The lowest BCUT2D eigenvalue weighted by molar-refractivity contribution is 0.144. The van der Waals surface area contributed by atoms with Crippen LogP contribution in [0.5, 0.6) is 0 Å². The predicted octanol–water partition coefficient (Wildman–Crippen LogP) is 10.1. The zero-order valence-corrected chi connectivity index (χ0v) is 30.3. The Hall–Kier alpha value is -3.49. The summed E-state index contributed by atoms with van der Waals surface area (Å²) in [6.45, 7) is -0.836. The molecule has 1 aliphatic heterocycles. The fraction of sp³-hybridized carbons (Fsp3) is 0.189. The van der Waals surface area contributed by atoms with Crippen molar-refractivity contribution in [2.75, 3.05) is 7.11 Å². The van der Waals surface area contributed by atoms with Gasteiger partial charge in [-0.3, -0.25) is 22.7 Å². The van der Waals surface area contributed by atoms with Crippen LogP contribution in [0.1, 0.15) is 33.4 Å². The van der Waals surface area contributed by atoms with Crippen LogP contribution in [0, 0.1) is 0 Å². The first-order valence-electron chi connectivity index (χ1n) is 16.0. The van der Waals surface area contributed by atoms with E-state index in [0.717, 1.165) is 31.1 Å². The van der Waals surface area contributed by atoms with E-state index in [0.29, 0.717) is 11.1 Å². The van der Waals surface area contributed by atoms with Crippen LogP contribution in [-0.2, 0) is 75.8 Å². The third-order valence-corrected chi connectivity index (χ3v) is 15.9. The molecule has 0 aromatic heterocycles. The van der Waals surface area contributed by atoms with Crippen LogP contribution in [0.4, 0.5) is 0 Å². The molecule has 13 heteroatoms. The number of fused-ring (bicyclic) bond motifs is 1. The summed E-state index contributed by atoms with van der Waals surface area (Å²) in [7, 11) is -12.5. The highest BCUT2D eigenvalue weighted by Gasteiger charge is 2.58. The summed E-state index contributed by atoms with van der Waals surface area (Å²) in [6.07, 6.45) is 0. The SMILES string of the molecule is COP1(=O)N(P(=O)(OCc2ccccc2)OCc2ccccc2)Cc2ccccc2CN1P(=O)(OCc1ccccc1)OCc1ccccc1. The minimum Gasteiger partial charge on any atom is -0.309 e. The smallest absolute Gasteiger partial charge is 0.309 e. The first kappa shape index (κ1) is 36.3. The molecule has 260 valence electrons. The lowest BCUT2D eigenvalue weighted by atomic mass is 10.1. The van der Waals surface area contributed by atoms with Crippen molar-refractivity contribution in [1.29, 1.82) is 0 Å². The first-order valence-corrected chi connectivity index (χ1v) is 20.6. The summed E-state index contributed by atoms with van der Waals surface area (Å²) in [6, 6.07) is 44.0. The topological polar surface area (TPSA) is 104 Å². The highest BCUT2D eigenvalue weighted by atomic mass is 31.3. The summed E-state index contributed by atoms with van der Waals surface area (Å²) >= 11 is 0. The Bertz CT molecular complexity index is 1740. The van der Waals surface area contributed by atoms with E-state index < -0.39 is 23.2 Å². The van der Waals surface area contributed by atoms with Crippen molar-refractivity contribution in [3.05, 3.63) is 179 Å². The van der Waals surface area contributed by atoms with Gasteiger partial charge in [-0.25, -0.2) is 9.13 Å². The van der Waals surface area contributed by atoms with Gasteiger partial charge in [-0.05, 0) is 33.4 Å². The number of nitrogens with zero attached hydrogens (tertiary/aromatic N) is 2. The van der Waals surface area contributed by atoms with E-state index in [1.165, 1.54) is 7.11 Å². The molecule has 0 amide bonds. The molecule has 0 bridgehead atoms. The second-order valence-electron chi connectivity index (χ2n) is 11.5. The Balaban J connectivity index is 1.45. The standard InChI is InChI=1S/C37H39N2O8P3/c1-43-48(40)38(49(41,44-28-32-16-6-2-7-17-32)45-29-33-18-8-3-9-19-33)26-36-24-14-15-25-37(36)27-39(48)50(42,46-30-34-20-10-4-11-21-34)47-31-35-22-12-5-13-23-35/h2-25H,26-31H2,1H3. The molecular weight excluding hydrogens is 693 g/mol. The number of hydrogen-bond acceptors (Lipinski definition) is 8. The Morgan fingerprint density at radius 2 is 0.740 bits per heavy atom. The molecular formula is C37H39N2O8P3. The summed E-state index contributed by atoms with van der Waals surface area (Å²) in [4.78, 5) is 0. The highest BCUT2D eigenvalue weighted by Crippen LogP contribution is 2.78. The molecule has 5 aromatic carbocycles. The average Bonchev–Trinajstić information content (AvgIpc) is 3.31. The fourth-order valence-electron chi connectivity index (χ4n) is 5.37. The highest BCUT2D eigenvalue weighted by molar-refractivity contribution is 7.74. The van der Waals surface area contributed by atoms with Gasteiger partial charge < -0.3 is 4.52 Å². The zero-order chi connectivity index (χ0) is 34.9. The van der Waals surface area contributed by atoms with Crippen LogP contribution in [0.3, 0.4) is 0 Å². The molecule has 0 saturated carbocycles. The minimum atomic E-state index is -4.63. The molecule has 1 aliphatic rings. The van der Waals surface area contributed by atoms with E-state index in [9.17, 15) is 0 Å². The van der Waals surface area contributed by atoms with Crippen LogP contribution < -0.4 is 0 Å². The lowest BCUT2D eigenvalue weighted by Crippen LogP contribution is -2.29. The van der Waals surface area contributed by atoms with Gasteiger partial charge >= 0.3 is 23.2 Å². The largest absolute Gasteiger partial charge is 0.417 e. The zero-order valence-electron chi connectivity index (χ0n) is 27.6. The third kappa shape index (κ3) is 8.68. The third-order valence-electron chi connectivity index (χ3n) is 8.08. The summed E-state index contributed by atoms with van der Waals surface area (Å²) < 4.78 is 79.0. The van der Waals surface area contributed by atoms with Crippen molar-refractivity contribution in [1.82, 2.24) is 8.88 Å². The van der Waals surface area contributed by atoms with Crippen molar-refractivity contribution in [2.24, 2.45) is 0 Å². The molecule has 0 spiro atoms. The molecule has 0 saturated heterocycles. The van der Waals surface area contributed by atoms with Crippen molar-refractivity contribution < 1.29 is 36.3 Å². The molecule has 5 aromatic rings. The van der Waals surface area contributed by atoms with Crippen LogP contribution in [0.15, 0.2) is 146 Å².